The molecule has 1 aliphatic carbocycles. The van der Waals surface area contributed by atoms with E-state index in [1.165, 1.54) is 44.1 Å². The van der Waals surface area contributed by atoms with Crippen molar-refractivity contribution in [2.24, 2.45) is 5.41 Å². The Morgan fingerprint density at radius 2 is 1.79 bits per heavy atom. The molecule has 1 aliphatic heterocycles. The van der Waals surface area contributed by atoms with Crippen molar-refractivity contribution in [3.05, 3.63) is 29.3 Å². The fraction of sp³-hybridized carbons (Fsp3) is 0.588. The van der Waals surface area contributed by atoms with E-state index in [1.807, 2.05) is 13.0 Å². The van der Waals surface area contributed by atoms with Crippen molar-refractivity contribution in [2.75, 3.05) is 18.0 Å². The Hall–Kier alpha value is -1.49. The molecule has 100 valence electrons. The van der Waals surface area contributed by atoms with E-state index < -0.39 is 0 Å². The zero-order valence-corrected chi connectivity index (χ0v) is 11.8. The Balaban J connectivity index is 1.77. The standard InChI is InChI=1S/C17H22N2/c1-14-4-5-16(15(12-14)13-18)19-10-8-17(9-11-19)6-2-3-7-17/h4-5,12H,2-3,6-11H2,1H3. The summed E-state index contributed by atoms with van der Waals surface area (Å²) in [4.78, 5) is 2.42. The maximum absolute atomic E-state index is 9.30. The summed E-state index contributed by atoms with van der Waals surface area (Å²) in [5, 5.41) is 9.30. The Kier molecular flexibility index (Phi) is 3.22. The van der Waals surface area contributed by atoms with E-state index in [0.29, 0.717) is 5.41 Å². The zero-order valence-electron chi connectivity index (χ0n) is 11.8. The van der Waals surface area contributed by atoms with Crippen molar-refractivity contribution in [3.63, 3.8) is 0 Å². The van der Waals surface area contributed by atoms with E-state index in [4.69, 9.17) is 0 Å². The minimum atomic E-state index is 0.647. The van der Waals surface area contributed by atoms with Crippen molar-refractivity contribution >= 4 is 5.69 Å². The minimum absolute atomic E-state index is 0.647. The molecule has 0 radical (unpaired) electrons. The lowest BCUT2D eigenvalue weighted by Crippen LogP contribution is -2.39. The van der Waals surface area contributed by atoms with E-state index >= 15 is 0 Å². The third-order valence-corrected chi connectivity index (χ3v) is 5.10. The van der Waals surface area contributed by atoms with Gasteiger partial charge in [0.25, 0.3) is 0 Å². The van der Waals surface area contributed by atoms with Crippen molar-refractivity contribution in [1.82, 2.24) is 0 Å². The molecule has 2 heteroatoms. The van der Waals surface area contributed by atoms with Crippen LogP contribution in [0.4, 0.5) is 5.69 Å². The fourth-order valence-electron chi connectivity index (χ4n) is 3.86. The van der Waals surface area contributed by atoms with Crippen molar-refractivity contribution < 1.29 is 0 Å². The number of rotatable bonds is 1. The largest absolute Gasteiger partial charge is 0.370 e. The summed E-state index contributed by atoms with van der Waals surface area (Å²) in [6.45, 7) is 4.30. The van der Waals surface area contributed by atoms with Crippen molar-refractivity contribution in [1.29, 1.82) is 5.26 Å². The smallest absolute Gasteiger partial charge is 0.101 e. The van der Waals surface area contributed by atoms with Gasteiger partial charge in [-0.15, -0.1) is 0 Å². The molecule has 0 aromatic heterocycles. The van der Waals surface area contributed by atoms with Crippen molar-refractivity contribution in [3.8, 4) is 6.07 Å². The first-order valence-corrected chi connectivity index (χ1v) is 7.48. The lowest BCUT2D eigenvalue weighted by atomic mass is 9.77. The second-order valence-corrected chi connectivity index (χ2v) is 6.33. The monoisotopic (exact) mass is 254 g/mol. The summed E-state index contributed by atoms with van der Waals surface area (Å²) < 4.78 is 0. The van der Waals surface area contributed by atoms with Crippen LogP contribution < -0.4 is 4.90 Å². The number of hydrogen-bond donors (Lipinski definition) is 0. The van der Waals surface area contributed by atoms with Gasteiger partial charge >= 0.3 is 0 Å². The van der Waals surface area contributed by atoms with E-state index in [9.17, 15) is 5.26 Å². The van der Waals surface area contributed by atoms with Gasteiger partial charge in [-0.25, -0.2) is 0 Å². The SMILES string of the molecule is Cc1ccc(N2CCC3(CCCC3)CC2)c(C#N)c1. The normalized spacial score (nSPS) is 21.6. The van der Waals surface area contributed by atoms with Gasteiger partial charge in [-0.1, -0.05) is 18.9 Å². The summed E-state index contributed by atoms with van der Waals surface area (Å²) >= 11 is 0. The maximum Gasteiger partial charge on any atom is 0.101 e. The van der Waals surface area contributed by atoms with E-state index in [-0.39, 0.29) is 0 Å². The van der Waals surface area contributed by atoms with Crippen LogP contribution >= 0.6 is 0 Å². The van der Waals surface area contributed by atoms with Gasteiger partial charge < -0.3 is 4.90 Å². The molecule has 19 heavy (non-hydrogen) atoms. The van der Waals surface area contributed by atoms with Gasteiger partial charge in [0.05, 0.1) is 11.3 Å². The molecule has 1 aromatic rings. The average Bonchev–Trinajstić information content (AvgIpc) is 2.88. The maximum atomic E-state index is 9.30. The van der Waals surface area contributed by atoms with Gasteiger partial charge in [-0.3, -0.25) is 0 Å². The molecule has 1 saturated carbocycles. The zero-order chi connectivity index (χ0) is 13.3. The summed E-state index contributed by atoms with van der Waals surface area (Å²) in [5.74, 6) is 0. The van der Waals surface area contributed by atoms with Gasteiger partial charge in [0.2, 0.25) is 0 Å². The molecule has 2 nitrogen and oxygen atoms in total. The van der Waals surface area contributed by atoms with Crippen LogP contribution in [0.5, 0.6) is 0 Å². The first-order chi connectivity index (χ1) is 9.22. The van der Waals surface area contributed by atoms with Crippen LogP contribution in [0.15, 0.2) is 18.2 Å². The van der Waals surface area contributed by atoms with Crippen LogP contribution in [-0.4, -0.2) is 13.1 Å². The summed E-state index contributed by atoms with van der Waals surface area (Å²) in [6.07, 6.45) is 8.33. The predicted molar refractivity (Wildman–Crippen MR) is 78.2 cm³/mol. The molecule has 1 heterocycles. The number of hydrogen-bond acceptors (Lipinski definition) is 2. The highest BCUT2D eigenvalue weighted by atomic mass is 15.1. The highest BCUT2D eigenvalue weighted by Crippen LogP contribution is 2.46. The Morgan fingerprint density at radius 1 is 1.11 bits per heavy atom. The quantitative estimate of drug-likeness (QED) is 0.756. The summed E-state index contributed by atoms with van der Waals surface area (Å²) in [6, 6.07) is 8.61. The molecule has 0 atom stereocenters. The third-order valence-electron chi connectivity index (χ3n) is 5.10. The first kappa shape index (κ1) is 12.5. The molecule has 0 amide bonds. The lowest BCUT2D eigenvalue weighted by Gasteiger charge is -2.40. The van der Waals surface area contributed by atoms with E-state index in [2.05, 4.69) is 23.1 Å². The van der Waals surface area contributed by atoms with Gasteiger partial charge in [-0.2, -0.15) is 5.26 Å². The van der Waals surface area contributed by atoms with Gasteiger partial charge in [0.15, 0.2) is 0 Å². The average molecular weight is 254 g/mol. The molecule has 3 rings (SSSR count). The lowest BCUT2D eigenvalue weighted by molar-refractivity contribution is 0.226. The van der Waals surface area contributed by atoms with Gasteiger partial charge in [0, 0.05) is 13.1 Å². The van der Waals surface area contributed by atoms with Crippen LogP contribution in [0.25, 0.3) is 0 Å². The van der Waals surface area contributed by atoms with E-state index in [0.717, 1.165) is 24.3 Å². The Labute approximate surface area is 116 Å². The topological polar surface area (TPSA) is 27.0 Å². The molecule has 1 saturated heterocycles. The number of nitrogens with zero attached hydrogens (tertiary/aromatic N) is 2. The molecule has 0 bridgehead atoms. The van der Waals surface area contributed by atoms with Crippen LogP contribution in [0.3, 0.4) is 0 Å². The number of piperidine rings is 1. The molecule has 2 fully saturated rings. The summed E-state index contributed by atoms with van der Waals surface area (Å²) in [7, 11) is 0. The highest BCUT2D eigenvalue weighted by Gasteiger charge is 2.37. The molecule has 1 spiro atoms. The Bertz CT molecular complexity index is 496. The predicted octanol–water partition coefficient (Wildman–Crippen LogP) is 4.03. The summed E-state index contributed by atoms with van der Waals surface area (Å²) in [5.41, 5.74) is 3.79. The molecule has 2 aliphatic rings. The fourth-order valence-corrected chi connectivity index (χ4v) is 3.86. The van der Waals surface area contributed by atoms with Crippen LogP contribution in [0.1, 0.15) is 49.7 Å². The minimum Gasteiger partial charge on any atom is -0.370 e. The van der Waals surface area contributed by atoms with Crippen LogP contribution in [0, 0.1) is 23.7 Å². The number of nitriles is 1. The van der Waals surface area contributed by atoms with Gasteiger partial charge in [0.1, 0.15) is 6.07 Å². The third kappa shape index (κ3) is 2.34. The molecule has 0 unspecified atom stereocenters. The number of aryl methyl sites for hydroxylation is 1. The van der Waals surface area contributed by atoms with Crippen molar-refractivity contribution in [2.45, 2.75) is 45.4 Å². The molecule has 0 N–H and O–H groups in total. The number of benzene rings is 1. The molecular weight excluding hydrogens is 232 g/mol. The Morgan fingerprint density at radius 3 is 2.42 bits per heavy atom. The van der Waals surface area contributed by atoms with Gasteiger partial charge in [-0.05, 0) is 55.7 Å². The molecule has 1 aromatic carbocycles. The van der Waals surface area contributed by atoms with Crippen LogP contribution in [0.2, 0.25) is 0 Å². The second kappa shape index (κ2) is 4.89. The highest BCUT2D eigenvalue weighted by molar-refractivity contribution is 5.60. The first-order valence-electron chi connectivity index (χ1n) is 7.48. The molecular formula is C17H22N2. The van der Waals surface area contributed by atoms with E-state index in [1.54, 1.807) is 0 Å². The number of anilines is 1. The van der Waals surface area contributed by atoms with Crippen LogP contribution in [-0.2, 0) is 0 Å². The second-order valence-electron chi connectivity index (χ2n) is 6.33.